The molecule has 1 aromatic carbocycles. The molecular formula is C11H12BrNO3S. The molecule has 0 saturated carbocycles. The summed E-state index contributed by atoms with van der Waals surface area (Å²) in [5.41, 5.74) is 0.284. The van der Waals surface area contributed by atoms with Crippen LogP contribution in [0, 0.1) is 0 Å². The van der Waals surface area contributed by atoms with Gasteiger partial charge in [0.25, 0.3) is 15.9 Å². The number of alkyl halides is 1. The number of benzene rings is 1. The standard InChI is InChI=1S/C11H12BrNO3S/c12-7-3-4-8-13-11(14)9-5-1-2-6-10(9)17(13,15)16/h1-2,5-6H,3-4,7-8H2. The van der Waals surface area contributed by atoms with Gasteiger partial charge in [0, 0.05) is 11.9 Å². The molecule has 4 nitrogen and oxygen atoms in total. The number of nitrogens with zero attached hydrogens (tertiary/aromatic N) is 1. The third kappa shape index (κ3) is 2.11. The first-order valence-corrected chi connectivity index (χ1v) is 7.87. The summed E-state index contributed by atoms with van der Waals surface area (Å²) < 4.78 is 25.1. The largest absolute Gasteiger partial charge is 0.269 e. The fourth-order valence-electron chi connectivity index (χ4n) is 1.80. The van der Waals surface area contributed by atoms with E-state index in [9.17, 15) is 13.2 Å². The van der Waals surface area contributed by atoms with E-state index in [-0.39, 0.29) is 17.0 Å². The molecule has 0 spiro atoms. The third-order valence-corrected chi connectivity index (χ3v) is 5.06. The average molecular weight is 318 g/mol. The van der Waals surface area contributed by atoms with Gasteiger partial charge in [0.1, 0.15) is 4.90 Å². The van der Waals surface area contributed by atoms with Crippen LogP contribution in [-0.2, 0) is 10.0 Å². The molecule has 6 heteroatoms. The van der Waals surface area contributed by atoms with Gasteiger partial charge in [-0.15, -0.1) is 0 Å². The Morgan fingerprint density at radius 2 is 1.88 bits per heavy atom. The lowest BCUT2D eigenvalue weighted by Gasteiger charge is -2.14. The molecule has 1 amide bonds. The molecule has 17 heavy (non-hydrogen) atoms. The smallest absolute Gasteiger partial charge is 0.268 e. The minimum absolute atomic E-state index is 0.129. The maximum Gasteiger partial charge on any atom is 0.269 e. The molecule has 1 aromatic rings. The van der Waals surface area contributed by atoms with E-state index in [0.29, 0.717) is 6.42 Å². The first kappa shape index (κ1) is 12.6. The molecule has 0 fully saturated rings. The Kier molecular flexibility index (Phi) is 3.53. The zero-order chi connectivity index (χ0) is 12.5. The van der Waals surface area contributed by atoms with E-state index in [1.54, 1.807) is 18.2 Å². The highest BCUT2D eigenvalue weighted by Crippen LogP contribution is 2.29. The zero-order valence-electron chi connectivity index (χ0n) is 9.10. The van der Waals surface area contributed by atoms with Crippen molar-refractivity contribution in [3.05, 3.63) is 29.8 Å². The summed E-state index contributed by atoms with van der Waals surface area (Å²) in [6.45, 7) is 0.251. The Morgan fingerprint density at radius 1 is 1.18 bits per heavy atom. The lowest BCUT2D eigenvalue weighted by Crippen LogP contribution is -2.31. The van der Waals surface area contributed by atoms with Crippen LogP contribution in [0.2, 0.25) is 0 Å². The molecule has 0 atom stereocenters. The third-order valence-electron chi connectivity index (χ3n) is 2.66. The van der Waals surface area contributed by atoms with E-state index in [1.807, 2.05) is 0 Å². The van der Waals surface area contributed by atoms with Crippen LogP contribution < -0.4 is 0 Å². The van der Waals surface area contributed by atoms with E-state index in [0.717, 1.165) is 16.1 Å². The van der Waals surface area contributed by atoms with Crippen molar-refractivity contribution < 1.29 is 13.2 Å². The second kappa shape index (κ2) is 4.78. The molecule has 0 aliphatic carbocycles. The number of amides is 1. The summed E-state index contributed by atoms with van der Waals surface area (Å²) in [6.07, 6.45) is 1.51. The Balaban J connectivity index is 2.31. The van der Waals surface area contributed by atoms with Crippen molar-refractivity contribution in [1.82, 2.24) is 4.31 Å². The second-order valence-electron chi connectivity index (χ2n) is 3.77. The number of hydrogen-bond donors (Lipinski definition) is 0. The van der Waals surface area contributed by atoms with Gasteiger partial charge in [0.05, 0.1) is 5.56 Å². The Labute approximate surface area is 109 Å². The highest BCUT2D eigenvalue weighted by Gasteiger charge is 2.40. The topological polar surface area (TPSA) is 54.5 Å². The van der Waals surface area contributed by atoms with Gasteiger partial charge in [-0.2, -0.15) is 0 Å². The van der Waals surface area contributed by atoms with E-state index in [4.69, 9.17) is 0 Å². The Hall–Kier alpha value is -0.880. The highest BCUT2D eigenvalue weighted by molar-refractivity contribution is 9.09. The summed E-state index contributed by atoms with van der Waals surface area (Å²) in [4.78, 5) is 12.1. The molecule has 2 rings (SSSR count). The van der Waals surface area contributed by atoms with Crippen LogP contribution in [-0.4, -0.2) is 30.5 Å². The first-order chi connectivity index (χ1) is 8.09. The minimum atomic E-state index is -3.61. The molecule has 0 bridgehead atoms. The van der Waals surface area contributed by atoms with Gasteiger partial charge in [-0.25, -0.2) is 12.7 Å². The molecule has 1 aliphatic rings. The van der Waals surface area contributed by atoms with Gasteiger partial charge in [-0.1, -0.05) is 28.1 Å². The van der Waals surface area contributed by atoms with Crippen LogP contribution in [0.25, 0.3) is 0 Å². The number of unbranched alkanes of at least 4 members (excludes halogenated alkanes) is 1. The molecule has 1 heterocycles. The zero-order valence-corrected chi connectivity index (χ0v) is 11.5. The van der Waals surface area contributed by atoms with Crippen molar-refractivity contribution >= 4 is 31.9 Å². The number of fused-ring (bicyclic) bond motifs is 1. The fraction of sp³-hybridized carbons (Fsp3) is 0.364. The van der Waals surface area contributed by atoms with Crippen LogP contribution in [0.3, 0.4) is 0 Å². The average Bonchev–Trinajstić information content (AvgIpc) is 2.51. The summed E-state index contributed by atoms with van der Waals surface area (Å²) in [7, 11) is -3.61. The van der Waals surface area contributed by atoms with Crippen LogP contribution in [0.15, 0.2) is 29.2 Å². The predicted molar refractivity (Wildman–Crippen MR) is 67.7 cm³/mol. The Morgan fingerprint density at radius 3 is 2.53 bits per heavy atom. The van der Waals surface area contributed by atoms with Gasteiger partial charge >= 0.3 is 0 Å². The van der Waals surface area contributed by atoms with Crippen molar-refractivity contribution in [2.75, 3.05) is 11.9 Å². The molecule has 0 N–H and O–H groups in total. The van der Waals surface area contributed by atoms with Crippen molar-refractivity contribution in [2.45, 2.75) is 17.7 Å². The fourth-order valence-corrected chi connectivity index (χ4v) is 3.81. The quantitative estimate of drug-likeness (QED) is 0.630. The maximum absolute atomic E-state index is 12.1. The maximum atomic E-state index is 12.1. The number of halogens is 1. The van der Waals surface area contributed by atoms with Crippen LogP contribution >= 0.6 is 15.9 Å². The number of sulfonamides is 1. The van der Waals surface area contributed by atoms with Crippen LogP contribution in [0.4, 0.5) is 0 Å². The monoisotopic (exact) mass is 317 g/mol. The molecular weight excluding hydrogens is 306 g/mol. The van der Waals surface area contributed by atoms with Gasteiger partial charge in [0.15, 0.2) is 0 Å². The van der Waals surface area contributed by atoms with Crippen molar-refractivity contribution in [2.24, 2.45) is 0 Å². The van der Waals surface area contributed by atoms with E-state index in [2.05, 4.69) is 15.9 Å². The van der Waals surface area contributed by atoms with Crippen molar-refractivity contribution in [3.63, 3.8) is 0 Å². The molecule has 1 aliphatic heterocycles. The van der Waals surface area contributed by atoms with Gasteiger partial charge in [-0.05, 0) is 25.0 Å². The molecule has 0 saturated heterocycles. The molecule has 0 radical (unpaired) electrons. The number of carbonyl (C=O) groups is 1. The van der Waals surface area contributed by atoms with Gasteiger partial charge in [0.2, 0.25) is 0 Å². The summed E-state index contributed by atoms with van der Waals surface area (Å²) in [6, 6.07) is 6.34. The molecule has 0 unspecified atom stereocenters. The number of rotatable bonds is 4. The number of carbonyl (C=O) groups excluding carboxylic acids is 1. The van der Waals surface area contributed by atoms with Crippen LogP contribution in [0.1, 0.15) is 23.2 Å². The summed E-state index contributed by atoms with van der Waals surface area (Å²) >= 11 is 3.28. The second-order valence-corrected chi connectivity index (χ2v) is 6.40. The lowest BCUT2D eigenvalue weighted by molar-refractivity contribution is 0.0870. The van der Waals surface area contributed by atoms with Crippen molar-refractivity contribution in [1.29, 1.82) is 0 Å². The predicted octanol–water partition coefficient (Wildman–Crippen LogP) is 2.01. The minimum Gasteiger partial charge on any atom is -0.268 e. The lowest BCUT2D eigenvalue weighted by atomic mass is 10.2. The Bertz CT molecular complexity index is 541. The van der Waals surface area contributed by atoms with E-state index < -0.39 is 15.9 Å². The summed E-state index contributed by atoms with van der Waals surface area (Å²) in [5, 5.41) is 0.808. The first-order valence-electron chi connectivity index (χ1n) is 5.31. The van der Waals surface area contributed by atoms with E-state index >= 15 is 0 Å². The summed E-state index contributed by atoms with van der Waals surface area (Å²) in [5.74, 6) is -0.407. The van der Waals surface area contributed by atoms with Gasteiger partial charge in [-0.3, -0.25) is 4.79 Å². The van der Waals surface area contributed by atoms with Gasteiger partial charge < -0.3 is 0 Å². The van der Waals surface area contributed by atoms with Crippen molar-refractivity contribution in [3.8, 4) is 0 Å². The van der Waals surface area contributed by atoms with Crippen LogP contribution in [0.5, 0.6) is 0 Å². The normalized spacial score (nSPS) is 17.2. The SMILES string of the molecule is O=C1c2ccccc2S(=O)(=O)N1CCCCBr. The highest BCUT2D eigenvalue weighted by atomic mass is 79.9. The number of hydrogen-bond acceptors (Lipinski definition) is 3. The van der Waals surface area contributed by atoms with E-state index in [1.165, 1.54) is 6.07 Å². The molecule has 0 aromatic heterocycles. The molecule has 92 valence electrons.